The Morgan fingerprint density at radius 1 is 1.07 bits per heavy atom. The number of non-ortho nitro benzene ring substituents is 1. The molecule has 1 unspecified atom stereocenters. The zero-order valence-corrected chi connectivity index (χ0v) is 23.9. The molecule has 4 N–H and O–H groups in total. The molecule has 0 aliphatic carbocycles. The largest absolute Gasteiger partial charge is 0.508 e. The van der Waals surface area contributed by atoms with Gasteiger partial charge in [0.1, 0.15) is 17.2 Å². The third-order valence-electron chi connectivity index (χ3n) is 7.34. The Balaban J connectivity index is 1.46. The smallest absolute Gasteiger partial charge is 0.409 e. The van der Waals surface area contributed by atoms with E-state index >= 15 is 0 Å². The summed E-state index contributed by atoms with van der Waals surface area (Å²) in [4.78, 5) is 24.5. The highest BCUT2D eigenvalue weighted by Crippen LogP contribution is 2.40. The predicted octanol–water partition coefficient (Wildman–Crippen LogP) is 4.45. The molecule has 224 valence electrons. The van der Waals surface area contributed by atoms with Crippen molar-refractivity contribution in [1.82, 2.24) is 25.0 Å². The third-order valence-corrected chi connectivity index (χ3v) is 7.42. The van der Waals surface area contributed by atoms with E-state index in [4.69, 9.17) is 16.3 Å². The van der Waals surface area contributed by atoms with Gasteiger partial charge in [-0.15, -0.1) is 5.10 Å². The van der Waals surface area contributed by atoms with E-state index in [2.05, 4.69) is 20.4 Å². The minimum Gasteiger partial charge on any atom is -0.508 e. The van der Waals surface area contributed by atoms with Crippen molar-refractivity contribution in [2.45, 2.75) is 25.8 Å². The molecular formula is C29H29ClN6O7. The highest BCUT2D eigenvalue weighted by atomic mass is 35.5. The molecular weight excluding hydrogens is 580 g/mol. The van der Waals surface area contributed by atoms with Crippen LogP contribution in [-0.2, 0) is 13.0 Å². The normalized spacial score (nSPS) is 14.4. The second kappa shape index (κ2) is 12.7. The van der Waals surface area contributed by atoms with E-state index in [0.29, 0.717) is 16.8 Å². The first kappa shape index (κ1) is 29.8. The van der Waals surface area contributed by atoms with Crippen LogP contribution in [0.15, 0.2) is 54.6 Å². The van der Waals surface area contributed by atoms with Crippen molar-refractivity contribution in [3.8, 4) is 40.3 Å². The molecule has 2 heterocycles. The molecule has 3 aromatic carbocycles. The van der Waals surface area contributed by atoms with Crippen molar-refractivity contribution in [2.24, 2.45) is 0 Å². The molecule has 0 spiro atoms. The first-order valence-electron chi connectivity index (χ1n) is 13.5. The lowest BCUT2D eigenvalue weighted by molar-refractivity contribution is -0.384. The summed E-state index contributed by atoms with van der Waals surface area (Å²) >= 11 is 5.39. The van der Waals surface area contributed by atoms with Gasteiger partial charge in [-0.1, -0.05) is 24.2 Å². The highest BCUT2D eigenvalue weighted by Gasteiger charge is 2.24. The number of rotatable bonds is 9. The van der Waals surface area contributed by atoms with Crippen LogP contribution >= 0.6 is 11.6 Å². The number of carbonyl (C=O) groups is 1. The summed E-state index contributed by atoms with van der Waals surface area (Å²) in [5, 5.41) is 54.8. The number of ether oxygens (including phenoxy) is 1. The van der Waals surface area contributed by atoms with Gasteiger partial charge in [-0.05, 0) is 47.7 Å². The van der Waals surface area contributed by atoms with Crippen molar-refractivity contribution >= 4 is 22.7 Å². The minimum absolute atomic E-state index is 0.0426. The van der Waals surface area contributed by atoms with Crippen LogP contribution in [0, 0.1) is 10.1 Å². The fourth-order valence-electron chi connectivity index (χ4n) is 5.20. The number of phenols is 2. The van der Waals surface area contributed by atoms with Crippen LogP contribution in [-0.4, -0.2) is 71.5 Å². The number of hydrogen-bond acceptors (Lipinski definition) is 11. The second-order valence-electron chi connectivity index (χ2n) is 10.3. The van der Waals surface area contributed by atoms with Crippen LogP contribution < -0.4 is 10.1 Å². The maximum atomic E-state index is 11.4. The van der Waals surface area contributed by atoms with E-state index in [1.807, 2.05) is 24.3 Å². The Bertz CT molecular complexity index is 1650. The number of nitrogens with zero attached hydrogens (tertiary/aromatic N) is 5. The number of nitro benzene ring substituents is 1. The summed E-state index contributed by atoms with van der Waals surface area (Å²) in [5.41, 5.74) is 1.21. The van der Waals surface area contributed by atoms with Crippen molar-refractivity contribution in [3.05, 3.63) is 81.4 Å². The Morgan fingerprint density at radius 2 is 1.79 bits per heavy atom. The number of nitro groups is 1. The molecule has 1 aliphatic rings. The van der Waals surface area contributed by atoms with Gasteiger partial charge in [0.25, 0.3) is 5.69 Å². The molecule has 43 heavy (non-hydrogen) atoms. The lowest BCUT2D eigenvalue weighted by Crippen LogP contribution is -2.42. The lowest BCUT2D eigenvalue weighted by Gasteiger charge is -2.27. The number of aromatic hydroxyl groups is 3. The van der Waals surface area contributed by atoms with E-state index in [9.17, 15) is 30.2 Å². The monoisotopic (exact) mass is 608 g/mol. The zero-order valence-electron chi connectivity index (χ0n) is 23.1. The van der Waals surface area contributed by atoms with Gasteiger partial charge in [0.15, 0.2) is 5.82 Å². The summed E-state index contributed by atoms with van der Waals surface area (Å²) in [6.07, 6.45) is 0.103. The average Bonchev–Trinajstić information content (AvgIpc) is 3.35. The number of nitrogens with one attached hydrogen (secondary N) is 1. The second-order valence-corrected chi connectivity index (χ2v) is 10.6. The molecule has 13 nitrogen and oxygen atoms in total. The topological polar surface area (TPSA) is 176 Å². The zero-order chi connectivity index (χ0) is 30.7. The third kappa shape index (κ3) is 6.69. The molecule has 14 heteroatoms. The van der Waals surface area contributed by atoms with Gasteiger partial charge in [-0.3, -0.25) is 15.0 Å². The van der Waals surface area contributed by atoms with E-state index in [-0.39, 0.29) is 40.7 Å². The van der Waals surface area contributed by atoms with Crippen molar-refractivity contribution < 1.29 is 29.8 Å². The fourth-order valence-corrected chi connectivity index (χ4v) is 5.28. The Hall–Kier alpha value is -4.72. The summed E-state index contributed by atoms with van der Waals surface area (Å²) in [7, 11) is 0. The highest BCUT2D eigenvalue weighted by molar-refractivity contribution is 6.61. The maximum Gasteiger partial charge on any atom is 0.409 e. The molecule has 4 aromatic rings. The molecule has 1 fully saturated rings. The van der Waals surface area contributed by atoms with Crippen LogP contribution in [0.3, 0.4) is 0 Å². The quantitative estimate of drug-likeness (QED) is 0.120. The molecule has 0 saturated carbocycles. The van der Waals surface area contributed by atoms with Gasteiger partial charge in [0.05, 0.1) is 16.2 Å². The van der Waals surface area contributed by atoms with E-state index in [1.165, 1.54) is 28.8 Å². The van der Waals surface area contributed by atoms with E-state index in [1.54, 1.807) is 6.92 Å². The molecule has 1 aromatic heterocycles. The van der Waals surface area contributed by atoms with Crippen molar-refractivity contribution in [3.63, 3.8) is 0 Å². The van der Waals surface area contributed by atoms with Crippen LogP contribution in [0.4, 0.5) is 10.5 Å². The number of halogens is 1. The number of aromatic nitrogens is 3. The molecule has 0 bridgehead atoms. The van der Waals surface area contributed by atoms with Gasteiger partial charge in [0, 0.05) is 68.1 Å². The summed E-state index contributed by atoms with van der Waals surface area (Å²) in [6, 6.07) is 13.6. The Kier molecular flexibility index (Phi) is 8.76. The maximum absolute atomic E-state index is 11.4. The molecule has 1 aliphatic heterocycles. The number of benzene rings is 3. The number of piperazine rings is 1. The van der Waals surface area contributed by atoms with Crippen LogP contribution in [0.5, 0.6) is 23.3 Å². The molecule has 0 amide bonds. The minimum atomic E-state index is -1.10. The Morgan fingerprint density at radius 3 is 2.47 bits per heavy atom. The number of phenolic OH excluding ortho intramolecular Hbond substituents is 2. The van der Waals surface area contributed by atoms with Gasteiger partial charge in [-0.25, -0.2) is 9.36 Å². The summed E-state index contributed by atoms with van der Waals surface area (Å²) in [6.45, 7) is 6.35. The van der Waals surface area contributed by atoms with Crippen molar-refractivity contribution in [2.75, 3.05) is 26.2 Å². The summed E-state index contributed by atoms with van der Waals surface area (Å²) in [5.74, 6) is -0.859. The predicted molar refractivity (Wildman–Crippen MR) is 157 cm³/mol. The SMILES string of the molecule is CC(Cc1cc([N+](=O)[O-])ccc1OC(=O)Cl)c1cc(-c2nnc(O)n2-c2ccc(CN3CCNCC3)cc2)c(O)cc1O. The van der Waals surface area contributed by atoms with Gasteiger partial charge in [-0.2, -0.15) is 0 Å². The van der Waals surface area contributed by atoms with Crippen LogP contribution in [0.1, 0.15) is 29.5 Å². The average molecular weight is 609 g/mol. The molecule has 0 radical (unpaired) electrons. The van der Waals surface area contributed by atoms with Gasteiger partial charge in [0.2, 0.25) is 0 Å². The summed E-state index contributed by atoms with van der Waals surface area (Å²) < 4.78 is 6.41. The number of hydrogen-bond donors (Lipinski definition) is 4. The lowest BCUT2D eigenvalue weighted by atomic mass is 9.90. The van der Waals surface area contributed by atoms with E-state index < -0.39 is 22.3 Å². The van der Waals surface area contributed by atoms with Crippen LogP contribution in [0.2, 0.25) is 0 Å². The van der Waals surface area contributed by atoms with Gasteiger partial charge >= 0.3 is 11.4 Å². The molecule has 5 rings (SSSR count). The molecule has 1 saturated heterocycles. The van der Waals surface area contributed by atoms with Crippen molar-refractivity contribution in [1.29, 1.82) is 0 Å². The van der Waals surface area contributed by atoms with E-state index in [0.717, 1.165) is 44.4 Å². The van der Waals surface area contributed by atoms with Crippen LogP contribution in [0.25, 0.3) is 17.1 Å². The first-order chi connectivity index (χ1) is 20.6. The number of carbonyl (C=O) groups excluding carboxylic acids is 1. The van der Waals surface area contributed by atoms with Gasteiger partial charge < -0.3 is 25.4 Å². The first-order valence-corrected chi connectivity index (χ1v) is 13.9. The fraction of sp³-hybridized carbons (Fsp3) is 0.276. The molecule has 1 atom stereocenters. The standard InChI is InChI=1S/C29H29ClN6O7/c1-17(12-19-13-21(36(41)42)6-7-26(19)43-28(30)39)22-14-23(25(38)15-24(22)37)27-32-33-29(40)35(27)20-4-2-18(3-5-20)16-34-10-8-31-9-11-34/h2-7,13-15,17,31,37-38H,8-12,16H2,1H3,(H,33,40). The Labute approximate surface area is 251 Å².